The first kappa shape index (κ1) is 21.5. The Bertz CT molecular complexity index is 521. The van der Waals surface area contributed by atoms with Crippen molar-refractivity contribution in [2.75, 3.05) is 41.4 Å². The molecule has 7 heteroatoms. The molecule has 0 aliphatic rings. The molecular formula is C16H27IN4O2. The van der Waals surface area contributed by atoms with Crippen molar-refractivity contribution in [2.24, 2.45) is 10.7 Å². The molecule has 0 heterocycles. The van der Waals surface area contributed by atoms with Gasteiger partial charge in [-0.05, 0) is 31.8 Å². The van der Waals surface area contributed by atoms with Crippen LogP contribution in [0.25, 0.3) is 0 Å². The van der Waals surface area contributed by atoms with Gasteiger partial charge in [-0.15, -0.1) is 30.6 Å². The van der Waals surface area contributed by atoms with E-state index in [0.29, 0.717) is 30.5 Å². The van der Waals surface area contributed by atoms with Crippen LogP contribution in [-0.2, 0) is 0 Å². The van der Waals surface area contributed by atoms with Gasteiger partial charge in [0, 0.05) is 6.54 Å². The Morgan fingerprint density at radius 2 is 2.00 bits per heavy atom. The van der Waals surface area contributed by atoms with Gasteiger partial charge in [0.1, 0.15) is 0 Å². The van der Waals surface area contributed by atoms with Crippen LogP contribution in [0.15, 0.2) is 35.8 Å². The Balaban J connectivity index is 0.00000484. The van der Waals surface area contributed by atoms with E-state index in [9.17, 15) is 0 Å². The highest BCUT2D eigenvalue weighted by molar-refractivity contribution is 14.0. The standard InChI is InChI=1S/C16H26N4O2.HI/c1-6-9-18-16(17)19-11-13(20(2)3)12-7-8-14(21-4)15(10-12)22-5;/h6-8,10,13H,1,9,11H2,2-5H3,(H3,17,18,19);1H. The number of aliphatic imine (C=N–C) groups is 1. The summed E-state index contributed by atoms with van der Waals surface area (Å²) in [7, 11) is 7.26. The number of nitrogens with two attached hydrogens (primary N) is 1. The van der Waals surface area contributed by atoms with Gasteiger partial charge in [-0.3, -0.25) is 4.99 Å². The zero-order valence-electron chi connectivity index (χ0n) is 14.2. The van der Waals surface area contributed by atoms with Gasteiger partial charge in [0.25, 0.3) is 0 Å². The molecule has 0 saturated carbocycles. The molecule has 1 unspecified atom stereocenters. The molecule has 1 rings (SSSR count). The minimum Gasteiger partial charge on any atom is -0.493 e. The second-order valence-corrected chi connectivity index (χ2v) is 4.99. The van der Waals surface area contributed by atoms with Crippen molar-refractivity contribution < 1.29 is 9.47 Å². The van der Waals surface area contributed by atoms with Crippen LogP contribution in [-0.4, -0.2) is 52.3 Å². The maximum atomic E-state index is 5.82. The third-order valence-electron chi connectivity index (χ3n) is 3.28. The van der Waals surface area contributed by atoms with Crippen LogP contribution in [0.4, 0.5) is 0 Å². The van der Waals surface area contributed by atoms with E-state index in [-0.39, 0.29) is 30.0 Å². The molecule has 0 spiro atoms. The van der Waals surface area contributed by atoms with Crippen molar-refractivity contribution in [2.45, 2.75) is 6.04 Å². The summed E-state index contributed by atoms with van der Waals surface area (Å²) in [4.78, 5) is 6.47. The van der Waals surface area contributed by atoms with Crippen molar-refractivity contribution in [1.29, 1.82) is 0 Å². The Labute approximate surface area is 155 Å². The predicted molar refractivity (Wildman–Crippen MR) is 106 cm³/mol. The first-order chi connectivity index (χ1) is 10.5. The number of halogens is 1. The zero-order valence-corrected chi connectivity index (χ0v) is 16.5. The molecule has 3 N–H and O–H groups in total. The highest BCUT2D eigenvalue weighted by atomic mass is 127. The lowest BCUT2D eigenvalue weighted by Crippen LogP contribution is -2.33. The lowest BCUT2D eigenvalue weighted by atomic mass is 10.1. The van der Waals surface area contributed by atoms with E-state index in [4.69, 9.17) is 15.2 Å². The SMILES string of the molecule is C=CCNC(N)=NCC(c1ccc(OC)c(OC)c1)N(C)C.I. The summed E-state index contributed by atoms with van der Waals surface area (Å²) < 4.78 is 10.6. The number of guanidine groups is 1. The molecule has 0 aliphatic heterocycles. The third kappa shape index (κ3) is 6.66. The van der Waals surface area contributed by atoms with Crippen molar-refractivity contribution in [3.05, 3.63) is 36.4 Å². The number of rotatable bonds is 8. The number of hydrogen-bond donors (Lipinski definition) is 2. The molecule has 0 aliphatic carbocycles. The number of likely N-dealkylation sites (N-methyl/N-ethyl adjacent to an activating group) is 1. The van der Waals surface area contributed by atoms with Crippen LogP contribution in [0.2, 0.25) is 0 Å². The normalized spacial score (nSPS) is 12.3. The molecule has 0 saturated heterocycles. The first-order valence-electron chi connectivity index (χ1n) is 7.06. The van der Waals surface area contributed by atoms with Gasteiger partial charge in [0.15, 0.2) is 17.5 Å². The smallest absolute Gasteiger partial charge is 0.188 e. The highest BCUT2D eigenvalue weighted by Crippen LogP contribution is 2.31. The molecule has 0 bridgehead atoms. The van der Waals surface area contributed by atoms with Gasteiger partial charge in [0.05, 0.1) is 26.8 Å². The number of benzene rings is 1. The van der Waals surface area contributed by atoms with Gasteiger partial charge in [-0.25, -0.2) is 0 Å². The fourth-order valence-electron chi connectivity index (χ4n) is 2.04. The molecule has 130 valence electrons. The summed E-state index contributed by atoms with van der Waals surface area (Å²) in [5, 5.41) is 2.97. The van der Waals surface area contributed by atoms with Crippen LogP contribution >= 0.6 is 24.0 Å². The fraction of sp³-hybridized carbons (Fsp3) is 0.438. The number of nitrogens with zero attached hydrogens (tertiary/aromatic N) is 2. The summed E-state index contributed by atoms with van der Waals surface area (Å²) in [6.07, 6.45) is 1.74. The van der Waals surface area contributed by atoms with Crippen LogP contribution in [0.3, 0.4) is 0 Å². The van der Waals surface area contributed by atoms with Crippen LogP contribution in [0.1, 0.15) is 11.6 Å². The molecule has 0 fully saturated rings. The molecule has 6 nitrogen and oxygen atoms in total. The van der Waals surface area contributed by atoms with Gasteiger partial charge < -0.3 is 25.4 Å². The first-order valence-corrected chi connectivity index (χ1v) is 7.06. The average Bonchev–Trinajstić information content (AvgIpc) is 2.52. The minimum absolute atomic E-state index is 0. The van der Waals surface area contributed by atoms with E-state index in [1.165, 1.54) is 0 Å². The third-order valence-corrected chi connectivity index (χ3v) is 3.28. The second-order valence-electron chi connectivity index (χ2n) is 4.99. The van der Waals surface area contributed by atoms with E-state index >= 15 is 0 Å². The van der Waals surface area contributed by atoms with Gasteiger partial charge in [0.2, 0.25) is 0 Å². The van der Waals surface area contributed by atoms with E-state index in [2.05, 4.69) is 21.8 Å². The maximum absolute atomic E-state index is 5.82. The van der Waals surface area contributed by atoms with Crippen LogP contribution in [0.5, 0.6) is 11.5 Å². The Morgan fingerprint density at radius 3 is 2.52 bits per heavy atom. The number of nitrogens with one attached hydrogen (secondary N) is 1. The second kappa shape index (κ2) is 11.1. The topological polar surface area (TPSA) is 72.1 Å². The van der Waals surface area contributed by atoms with Gasteiger partial charge in [-0.2, -0.15) is 0 Å². The molecule has 1 aromatic carbocycles. The summed E-state index contributed by atoms with van der Waals surface area (Å²) in [5.74, 6) is 1.82. The summed E-state index contributed by atoms with van der Waals surface area (Å²) >= 11 is 0. The minimum atomic E-state index is 0. The van der Waals surface area contributed by atoms with E-state index in [1.54, 1.807) is 20.3 Å². The Kier molecular flexibility index (Phi) is 10.4. The average molecular weight is 434 g/mol. The molecule has 0 aromatic heterocycles. The molecule has 23 heavy (non-hydrogen) atoms. The van der Waals surface area contributed by atoms with Crippen LogP contribution < -0.4 is 20.5 Å². The quantitative estimate of drug-likeness (QED) is 0.284. The van der Waals surface area contributed by atoms with Crippen molar-refractivity contribution in [3.63, 3.8) is 0 Å². The fourth-order valence-corrected chi connectivity index (χ4v) is 2.04. The molecule has 1 aromatic rings. The van der Waals surface area contributed by atoms with E-state index < -0.39 is 0 Å². The maximum Gasteiger partial charge on any atom is 0.188 e. The van der Waals surface area contributed by atoms with E-state index in [0.717, 1.165) is 5.56 Å². The number of ether oxygens (including phenoxy) is 2. The largest absolute Gasteiger partial charge is 0.493 e. The lowest BCUT2D eigenvalue weighted by molar-refractivity contribution is 0.303. The lowest BCUT2D eigenvalue weighted by Gasteiger charge is -2.24. The van der Waals surface area contributed by atoms with E-state index in [1.807, 2.05) is 32.3 Å². The summed E-state index contributed by atoms with van der Waals surface area (Å²) in [6, 6.07) is 5.96. The Hall–Kier alpha value is -1.48. The van der Waals surface area contributed by atoms with Crippen molar-refractivity contribution in [3.8, 4) is 11.5 Å². The molecule has 1 atom stereocenters. The monoisotopic (exact) mass is 434 g/mol. The zero-order chi connectivity index (χ0) is 16.5. The molecular weight excluding hydrogens is 407 g/mol. The Morgan fingerprint density at radius 1 is 1.35 bits per heavy atom. The highest BCUT2D eigenvalue weighted by Gasteiger charge is 2.16. The summed E-state index contributed by atoms with van der Waals surface area (Å²) in [6.45, 7) is 4.77. The summed E-state index contributed by atoms with van der Waals surface area (Å²) in [5.41, 5.74) is 6.90. The molecule has 0 radical (unpaired) electrons. The number of methoxy groups -OCH3 is 2. The van der Waals surface area contributed by atoms with Crippen molar-refractivity contribution in [1.82, 2.24) is 10.2 Å². The van der Waals surface area contributed by atoms with Crippen LogP contribution in [0, 0.1) is 0 Å². The van der Waals surface area contributed by atoms with Gasteiger partial charge in [-0.1, -0.05) is 12.1 Å². The van der Waals surface area contributed by atoms with Crippen molar-refractivity contribution >= 4 is 29.9 Å². The predicted octanol–water partition coefficient (Wildman–Crippen LogP) is 2.01. The van der Waals surface area contributed by atoms with Gasteiger partial charge >= 0.3 is 0 Å². The molecule has 0 amide bonds. The number of hydrogen-bond acceptors (Lipinski definition) is 4.